The summed E-state index contributed by atoms with van der Waals surface area (Å²) in [6.07, 6.45) is 0. The Kier molecular flexibility index (Phi) is 3.13. The fourth-order valence-electron chi connectivity index (χ4n) is 0.611. The Balaban J connectivity index is 0.000000810. The molecule has 0 saturated carbocycles. The fraction of sp³-hybridized carbons (Fsp3) is 0.125. The van der Waals surface area contributed by atoms with E-state index in [1.54, 1.807) is 12.1 Å². The Morgan fingerprint density at radius 2 is 1.70 bits per heavy atom. The monoisotopic (exact) mass is 134 g/mol. The van der Waals surface area contributed by atoms with Gasteiger partial charge in [0.25, 0.3) is 0 Å². The SMILES string of the molecule is Cc1ccc([N+]#N)cc1.[CH3-]. The molecule has 0 radical (unpaired) electrons. The molecule has 0 aliphatic heterocycles. The average Bonchev–Trinajstić information content (AvgIpc) is 1.90. The number of hydrogen-bond donors (Lipinski definition) is 0. The topological polar surface area (TPSA) is 28.1 Å². The van der Waals surface area contributed by atoms with Gasteiger partial charge in [0.15, 0.2) is 4.98 Å². The first-order chi connectivity index (χ1) is 4.33. The lowest BCUT2D eigenvalue weighted by molar-refractivity contribution is 1.43. The van der Waals surface area contributed by atoms with Gasteiger partial charge in [-0.3, -0.25) is 0 Å². The molecule has 0 bridgehead atoms. The van der Waals surface area contributed by atoms with Gasteiger partial charge in [-0.1, -0.05) is 17.7 Å². The van der Waals surface area contributed by atoms with Crippen LogP contribution in [0.5, 0.6) is 0 Å². The molecule has 0 unspecified atom stereocenters. The van der Waals surface area contributed by atoms with Gasteiger partial charge in [-0.05, 0) is 6.92 Å². The quantitative estimate of drug-likeness (QED) is 0.396. The van der Waals surface area contributed by atoms with Crippen molar-refractivity contribution in [2.24, 2.45) is 0 Å². The zero-order valence-corrected chi connectivity index (χ0v) is 6.20. The first-order valence-corrected chi connectivity index (χ1v) is 2.74. The lowest BCUT2D eigenvalue weighted by Crippen LogP contribution is -1.65. The van der Waals surface area contributed by atoms with Crippen molar-refractivity contribution in [1.82, 2.24) is 0 Å². The molecule has 0 amide bonds. The zero-order valence-electron chi connectivity index (χ0n) is 6.20. The summed E-state index contributed by atoms with van der Waals surface area (Å²) < 4.78 is 0. The zero-order chi connectivity index (χ0) is 6.69. The predicted molar refractivity (Wildman–Crippen MR) is 42.3 cm³/mol. The van der Waals surface area contributed by atoms with E-state index in [0.717, 1.165) is 0 Å². The van der Waals surface area contributed by atoms with E-state index < -0.39 is 0 Å². The molecule has 0 fully saturated rings. The molecule has 0 aromatic heterocycles. The van der Waals surface area contributed by atoms with Crippen LogP contribution >= 0.6 is 0 Å². The molecule has 2 nitrogen and oxygen atoms in total. The van der Waals surface area contributed by atoms with Crippen LogP contribution < -0.4 is 0 Å². The Morgan fingerprint density at radius 1 is 1.20 bits per heavy atom. The van der Waals surface area contributed by atoms with Crippen molar-refractivity contribution in [3.05, 3.63) is 42.2 Å². The van der Waals surface area contributed by atoms with E-state index in [4.69, 9.17) is 5.39 Å². The van der Waals surface area contributed by atoms with Crippen LogP contribution in [0.4, 0.5) is 5.69 Å². The normalized spacial score (nSPS) is 7.60. The van der Waals surface area contributed by atoms with Crippen molar-refractivity contribution in [3.63, 3.8) is 0 Å². The lowest BCUT2D eigenvalue weighted by atomic mass is 10.2. The molecular weight excluding hydrogens is 124 g/mol. The maximum absolute atomic E-state index is 8.25. The van der Waals surface area contributed by atoms with Crippen LogP contribution in [0.3, 0.4) is 0 Å². The van der Waals surface area contributed by atoms with Crippen molar-refractivity contribution >= 4 is 5.69 Å². The second-order valence-electron chi connectivity index (χ2n) is 1.94. The molecule has 2 heteroatoms. The van der Waals surface area contributed by atoms with Crippen LogP contribution in [0, 0.1) is 19.7 Å². The second kappa shape index (κ2) is 3.62. The Hall–Kier alpha value is -1.36. The maximum Gasteiger partial charge on any atom is 0.385 e. The smallest absolute Gasteiger partial charge is 0.358 e. The van der Waals surface area contributed by atoms with Gasteiger partial charge in [-0.15, -0.1) is 0 Å². The van der Waals surface area contributed by atoms with Crippen LogP contribution in [0.2, 0.25) is 0 Å². The highest BCUT2D eigenvalue weighted by atomic mass is 14.8. The van der Waals surface area contributed by atoms with Gasteiger partial charge in [0, 0.05) is 12.1 Å². The molecule has 1 aromatic rings. The van der Waals surface area contributed by atoms with Gasteiger partial charge in [-0.2, -0.15) is 0 Å². The summed E-state index contributed by atoms with van der Waals surface area (Å²) >= 11 is 0. The van der Waals surface area contributed by atoms with Gasteiger partial charge < -0.3 is 7.43 Å². The van der Waals surface area contributed by atoms with Crippen LogP contribution in [-0.2, 0) is 0 Å². The van der Waals surface area contributed by atoms with Crippen LogP contribution in [0.25, 0.3) is 4.98 Å². The highest BCUT2D eigenvalue weighted by molar-refractivity contribution is 5.44. The van der Waals surface area contributed by atoms with Crippen LogP contribution in [0.15, 0.2) is 24.3 Å². The molecule has 10 heavy (non-hydrogen) atoms. The van der Waals surface area contributed by atoms with Crippen molar-refractivity contribution in [2.75, 3.05) is 0 Å². The van der Waals surface area contributed by atoms with Crippen molar-refractivity contribution < 1.29 is 0 Å². The summed E-state index contributed by atoms with van der Waals surface area (Å²) in [6.45, 7) is 1.99. The molecule has 0 atom stereocenters. The van der Waals surface area contributed by atoms with Crippen molar-refractivity contribution in [1.29, 1.82) is 5.39 Å². The van der Waals surface area contributed by atoms with E-state index in [2.05, 4.69) is 4.98 Å². The highest BCUT2D eigenvalue weighted by Gasteiger charge is 1.98. The molecule has 1 rings (SSSR count). The standard InChI is InChI=1S/C7H7N2.CH3/c1-6-2-4-7(9-8)5-3-6;/h2-5H,1H3;1H3/q+1;-1. The van der Waals surface area contributed by atoms with Crippen LogP contribution in [-0.4, -0.2) is 0 Å². The molecule has 0 saturated heterocycles. The molecule has 0 spiro atoms. The van der Waals surface area contributed by atoms with Gasteiger partial charge in [0.2, 0.25) is 5.39 Å². The van der Waals surface area contributed by atoms with Gasteiger partial charge in [-0.25, -0.2) is 0 Å². The van der Waals surface area contributed by atoms with E-state index in [1.807, 2.05) is 19.1 Å². The highest BCUT2D eigenvalue weighted by Crippen LogP contribution is 2.10. The Morgan fingerprint density at radius 3 is 2.10 bits per heavy atom. The summed E-state index contributed by atoms with van der Waals surface area (Å²) in [5.74, 6) is 0. The van der Waals surface area contributed by atoms with E-state index in [9.17, 15) is 0 Å². The summed E-state index contributed by atoms with van der Waals surface area (Å²) in [6, 6.07) is 7.31. The summed E-state index contributed by atoms with van der Waals surface area (Å²) in [4.78, 5) is 3.01. The first kappa shape index (κ1) is 8.64. The summed E-state index contributed by atoms with van der Waals surface area (Å²) in [5.41, 5.74) is 1.77. The number of diazo groups is 1. The van der Waals surface area contributed by atoms with E-state index in [1.165, 1.54) is 5.56 Å². The van der Waals surface area contributed by atoms with E-state index in [0.29, 0.717) is 5.69 Å². The largest absolute Gasteiger partial charge is 0.385 e. The number of benzene rings is 1. The Bertz CT molecular complexity index is 230. The fourth-order valence-corrected chi connectivity index (χ4v) is 0.611. The molecular formula is C8H10N2. The Labute approximate surface area is 61.1 Å². The summed E-state index contributed by atoms with van der Waals surface area (Å²) in [7, 11) is 0. The molecule has 0 aliphatic rings. The van der Waals surface area contributed by atoms with Gasteiger partial charge in [0.05, 0.1) is 0 Å². The van der Waals surface area contributed by atoms with Crippen LogP contribution in [0.1, 0.15) is 5.56 Å². The number of aryl methyl sites for hydroxylation is 1. The molecule has 0 heterocycles. The minimum atomic E-state index is 0. The minimum Gasteiger partial charge on any atom is -0.358 e. The lowest BCUT2D eigenvalue weighted by Gasteiger charge is -1.81. The molecule has 1 aromatic carbocycles. The third-order valence-corrected chi connectivity index (χ3v) is 1.15. The maximum atomic E-state index is 8.25. The predicted octanol–water partition coefficient (Wildman–Crippen LogP) is 2.93. The van der Waals surface area contributed by atoms with E-state index in [-0.39, 0.29) is 7.43 Å². The van der Waals surface area contributed by atoms with Crippen molar-refractivity contribution in [3.8, 4) is 0 Å². The third-order valence-electron chi connectivity index (χ3n) is 1.15. The number of nitrogens with zero attached hydrogens (tertiary/aromatic N) is 2. The second-order valence-corrected chi connectivity index (χ2v) is 1.94. The summed E-state index contributed by atoms with van der Waals surface area (Å²) in [5, 5.41) is 8.25. The first-order valence-electron chi connectivity index (χ1n) is 2.74. The average molecular weight is 134 g/mol. The molecule has 0 N–H and O–H groups in total. The minimum absolute atomic E-state index is 0. The number of hydrogen-bond acceptors (Lipinski definition) is 1. The van der Waals surface area contributed by atoms with E-state index >= 15 is 0 Å². The molecule has 52 valence electrons. The third kappa shape index (κ3) is 1.87. The molecule has 0 aliphatic carbocycles. The van der Waals surface area contributed by atoms with Crippen molar-refractivity contribution in [2.45, 2.75) is 6.92 Å². The van der Waals surface area contributed by atoms with Gasteiger partial charge >= 0.3 is 5.69 Å². The van der Waals surface area contributed by atoms with Gasteiger partial charge in [0.1, 0.15) is 0 Å². The number of rotatable bonds is 0.